The molecule has 1 N–H and O–H groups in total. The fourth-order valence-corrected chi connectivity index (χ4v) is 1.76. The number of carbonyl (C=O) groups excluding carboxylic acids is 3. The summed E-state index contributed by atoms with van der Waals surface area (Å²) in [7, 11) is 1.48. The van der Waals surface area contributed by atoms with Crippen molar-refractivity contribution in [2.45, 2.75) is 19.5 Å². The minimum absolute atomic E-state index is 0.0268. The average Bonchev–Trinajstić information content (AvgIpc) is 2.46. The Kier molecular flexibility index (Phi) is 6.15. The Morgan fingerprint density at radius 1 is 1.40 bits per heavy atom. The van der Waals surface area contributed by atoms with E-state index in [-0.39, 0.29) is 37.6 Å². The molecule has 1 rings (SSSR count). The normalized spacial score (nSPS) is 9.85. The van der Waals surface area contributed by atoms with Crippen LogP contribution in [0.4, 0.5) is 4.79 Å². The smallest absolute Gasteiger partial charge is 0.317 e. The Hall–Kier alpha value is -2.44. The molecular weight excluding hydrogens is 262 g/mol. The monoisotopic (exact) mass is 279 g/mol. The van der Waals surface area contributed by atoms with Crippen LogP contribution in [0.2, 0.25) is 0 Å². The molecule has 0 aromatic carbocycles. The zero-order chi connectivity index (χ0) is 15.0. The highest BCUT2D eigenvalue weighted by Crippen LogP contribution is 2.01. The molecule has 1 aromatic heterocycles. The summed E-state index contributed by atoms with van der Waals surface area (Å²) in [5.74, 6) is 0. The highest BCUT2D eigenvalue weighted by Gasteiger charge is 2.14. The lowest BCUT2D eigenvalue weighted by Crippen LogP contribution is -2.40. The fourth-order valence-electron chi connectivity index (χ4n) is 1.76. The summed E-state index contributed by atoms with van der Waals surface area (Å²) >= 11 is 0. The highest BCUT2D eigenvalue weighted by atomic mass is 16.2. The Bertz CT molecular complexity index is 539. The second-order valence-electron chi connectivity index (χ2n) is 4.09. The summed E-state index contributed by atoms with van der Waals surface area (Å²) in [6.07, 6.45) is 3.05. The minimum atomic E-state index is -0.364. The van der Waals surface area contributed by atoms with Gasteiger partial charge in [-0.25, -0.2) is 4.79 Å². The maximum atomic E-state index is 12.1. The van der Waals surface area contributed by atoms with Gasteiger partial charge in [0.1, 0.15) is 12.6 Å². The van der Waals surface area contributed by atoms with Gasteiger partial charge in [0.05, 0.1) is 13.1 Å². The first-order chi connectivity index (χ1) is 9.63. The molecule has 0 atom stereocenters. The van der Waals surface area contributed by atoms with E-state index < -0.39 is 0 Å². The SMILES string of the molecule is CNC(=O)N(CCC=O)Cc1cccn(CC=O)c1=O. The third-order valence-corrected chi connectivity index (χ3v) is 2.75. The lowest BCUT2D eigenvalue weighted by atomic mass is 10.2. The van der Waals surface area contributed by atoms with Crippen molar-refractivity contribution in [2.75, 3.05) is 13.6 Å². The second kappa shape index (κ2) is 7.88. The highest BCUT2D eigenvalue weighted by molar-refractivity contribution is 5.74. The Morgan fingerprint density at radius 3 is 2.75 bits per heavy atom. The number of aromatic nitrogens is 1. The molecule has 0 saturated heterocycles. The number of aldehydes is 2. The predicted molar refractivity (Wildman–Crippen MR) is 72.3 cm³/mol. The summed E-state index contributed by atoms with van der Waals surface area (Å²) in [5, 5.41) is 2.46. The Balaban J connectivity index is 2.95. The summed E-state index contributed by atoms with van der Waals surface area (Å²) in [6.45, 7) is 0.290. The standard InChI is InChI=1S/C13H17N3O4/c1-14-13(20)16(6-3-8-17)10-11-4-2-5-15(7-9-18)12(11)19/h2,4-5,8-9H,3,6-7,10H2,1H3,(H,14,20). The van der Waals surface area contributed by atoms with Crippen molar-refractivity contribution in [1.82, 2.24) is 14.8 Å². The lowest BCUT2D eigenvalue weighted by Gasteiger charge is -2.21. The van der Waals surface area contributed by atoms with E-state index in [2.05, 4.69) is 5.32 Å². The molecule has 0 unspecified atom stereocenters. The Morgan fingerprint density at radius 2 is 2.15 bits per heavy atom. The molecule has 0 spiro atoms. The van der Waals surface area contributed by atoms with Crippen LogP contribution in [0.15, 0.2) is 23.1 Å². The zero-order valence-electron chi connectivity index (χ0n) is 11.2. The van der Waals surface area contributed by atoms with E-state index in [0.29, 0.717) is 18.1 Å². The van der Waals surface area contributed by atoms with Crippen LogP contribution in [0, 0.1) is 0 Å². The summed E-state index contributed by atoms with van der Waals surface area (Å²) in [4.78, 5) is 46.0. The fraction of sp³-hybridized carbons (Fsp3) is 0.385. The van der Waals surface area contributed by atoms with Crippen LogP contribution >= 0.6 is 0 Å². The molecule has 2 amide bonds. The number of urea groups is 1. The molecule has 0 fully saturated rings. The second-order valence-corrected chi connectivity index (χ2v) is 4.09. The predicted octanol–water partition coefficient (Wildman–Crippen LogP) is -0.222. The molecule has 0 aliphatic carbocycles. The molecule has 0 radical (unpaired) electrons. The number of nitrogens with zero attached hydrogens (tertiary/aromatic N) is 2. The van der Waals surface area contributed by atoms with Gasteiger partial charge in [-0.1, -0.05) is 6.07 Å². The third-order valence-electron chi connectivity index (χ3n) is 2.75. The molecule has 0 aliphatic rings. The number of pyridine rings is 1. The molecule has 7 heteroatoms. The first-order valence-corrected chi connectivity index (χ1v) is 6.16. The molecule has 20 heavy (non-hydrogen) atoms. The van der Waals surface area contributed by atoms with Crippen molar-refractivity contribution in [3.8, 4) is 0 Å². The number of carbonyl (C=O) groups is 3. The molecule has 1 aromatic rings. The quantitative estimate of drug-likeness (QED) is 0.699. The van der Waals surface area contributed by atoms with Crippen LogP contribution in [0.25, 0.3) is 0 Å². The van der Waals surface area contributed by atoms with Crippen LogP contribution in [0.5, 0.6) is 0 Å². The van der Waals surface area contributed by atoms with E-state index in [1.165, 1.54) is 22.7 Å². The van der Waals surface area contributed by atoms with Crippen LogP contribution in [0.1, 0.15) is 12.0 Å². The lowest BCUT2D eigenvalue weighted by molar-refractivity contribution is -0.109. The molecule has 108 valence electrons. The van der Waals surface area contributed by atoms with Gasteiger partial charge in [-0.2, -0.15) is 0 Å². The van der Waals surface area contributed by atoms with E-state index in [4.69, 9.17) is 0 Å². The van der Waals surface area contributed by atoms with Crippen molar-refractivity contribution >= 4 is 18.6 Å². The van der Waals surface area contributed by atoms with Gasteiger partial charge in [-0.05, 0) is 6.07 Å². The topological polar surface area (TPSA) is 88.5 Å². The first-order valence-electron chi connectivity index (χ1n) is 6.16. The van der Waals surface area contributed by atoms with Gasteiger partial charge in [-0.15, -0.1) is 0 Å². The van der Waals surface area contributed by atoms with Crippen molar-refractivity contribution in [2.24, 2.45) is 0 Å². The van der Waals surface area contributed by atoms with E-state index in [0.717, 1.165) is 0 Å². The zero-order valence-corrected chi connectivity index (χ0v) is 11.2. The van der Waals surface area contributed by atoms with E-state index >= 15 is 0 Å². The van der Waals surface area contributed by atoms with Crippen molar-refractivity contribution < 1.29 is 14.4 Å². The van der Waals surface area contributed by atoms with Crippen LogP contribution < -0.4 is 10.9 Å². The average molecular weight is 279 g/mol. The summed E-state index contributed by atoms with van der Waals surface area (Å²) in [5.41, 5.74) is 0.0726. The van der Waals surface area contributed by atoms with Gasteiger partial charge in [0, 0.05) is 31.8 Å². The number of rotatable bonds is 7. The van der Waals surface area contributed by atoms with Gasteiger partial charge < -0.3 is 24.4 Å². The number of hydrogen-bond acceptors (Lipinski definition) is 4. The maximum absolute atomic E-state index is 12.1. The molecule has 7 nitrogen and oxygen atoms in total. The Labute approximate surface area is 116 Å². The van der Waals surface area contributed by atoms with Crippen LogP contribution in [-0.2, 0) is 22.7 Å². The molecule has 0 aliphatic heterocycles. The minimum Gasteiger partial charge on any atom is -0.341 e. The number of amides is 2. The van der Waals surface area contributed by atoms with Gasteiger partial charge in [0.15, 0.2) is 0 Å². The van der Waals surface area contributed by atoms with Crippen molar-refractivity contribution in [3.05, 3.63) is 34.2 Å². The molecule has 0 saturated carbocycles. The van der Waals surface area contributed by atoms with Crippen molar-refractivity contribution in [3.63, 3.8) is 0 Å². The molecular formula is C13H17N3O4. The van der Waals surface area contributed by atoms with E-state index in [1.807, 2.05) is 0 Å². The first kappa shape index (κ1) is 15.6. The molecule has 0 bridgehead atoms. The van der Waals surface area contributed by atoms with Gasteiger partial charge in [-0.3, -0.25) is 4.79 Å². The van der Waals surface area contributed by atoms with Gasteiger partial charge >= 0.3 is 6.03 Å². The van der Waals surface area contributed by atoms with Gasteiger partial charge in [0.2, 0.25) is 0 Å². The maximum Gasteiger partial charge on any atom is 0.317 e. The largest absolute Gasteiger partial charge is 0.341 e. The number of hydrogen-bond donors (Lipinski definition) is 1. The molecule has 1 heterocycles. The summed E-state index contributed by atoms with van der Waals surface area (Å²) in [6, 6.07) is 2.87. The van der Waals surface area contributed by atoms with E-state index in [1.54, 1.807) is 12.1 Å². The van der Waals surface area contributed by atoms with Crippen LogP contribution in [-0.4, -0.2) is 41.7 Å². The third kappa shape index (κ3) is 4.04. The van der Waals surface area contributed by atoms with Crippen molar-refractivity contribution in [1.29, 1.82) is 0 Å². The van der Waals surface area contributed by atoms with Gasteiger partial charge in [0.25, 0.3) is 5.56 Å². The van der Waals surface area contributed by atoms with E-state index in [9.17, 15) is 19.2 Å². The number of nitrogens with one attached hydrogen (secondary N) is 1. The van der Waals surface area contributed by atoms with Crippen LogP contribution in [0.3, 0.4) is 0 Å². The summed E-state index contributed by atoms with van der Waals surface area (Å²) < 4.78 is 1.27.